The minimum absolute atomic E-state index is 1.03. The number of rotatable bonds is 2. The van der Waals surface area contributed by atoms with Crippen LogP contribution in [0.4, 0.5) is 0 Å². The van der Waals surface area contributed by atoms with Crippen LogP contribution < -0.4 is 0 Å². The third-order valence-electron chi connectivity index (χ3n) is 3.22. The van der Waals surface area contributed by atoms with E-state index in [9.17, 15) is 0 Å². The van der Waals surface area contributed by atoms with Gasteiger partial charge in [0.05, 0.1) is 0 Å². The molecule has 0 heterocycles. The highest BCUT2D eigenvalue weighted by Crippen LogP contribution is 2.29. The summed E-state index contributed by atoms with van der Waals surface area (Å²) in [6, 6.07) is 9.06. The van der Waals surface area contributed by atoms with E-state index in [1.165, 1.54) is 33.0 Å². The van der Waals surface area contributed by atoms with E-state index in [2.05, 4.69) is 56.6 Å². The van der Waals surface area contributed by atoms with Crippen molar-refractivity contribution < 1.29 is 0 Å². The Bertz CT molecular complexity index is 530. The molecule has 84 valence electrons. The van der Waals surface area contributed by atoms with E-state index in [-0.39, 0.29) is 0 Å². The molecule has 0 amide bonds. The van der Waals surface area contributed by atoms with Crippen molar-refractivity contribution in [2.24, 2.45) is 0 Å². The maximum atomic E-state index is 2.85. The number of aryl methyl sites for hydroxylation is 1. The van der Waals surface area contributed by atoms with Crippen molar-refractivity contribution in [3.63, 3.8) is 0 Å². The molecule has 0 aliphatic carbocycles. The lowest BCUT2D eigenvalue weighted by Gasteiger charge is -2.13. The molecule has 0 saturated heterocycles. The van der Waals surface area contributed by atoms with Gasteiger partial charge in [-0.25, -0.2) is 0 Å². The predicted octanol–water partition coefficient (Wildman–Crippen LogP) is 4.21. The van der Waals surface area contributed by atoms with Crippen LogP contribution in [0.5, 0.6) is 0 Å². The molecule has 0 bridgehead atoms. The van der Waals surface area contributed by atoms with E-state index in [0.29, 0.717) is 0 Å². The van der Waals surface area contributed by atoms with Crippen LogP contribution in [0.15, 0.2) is 24.3 Å². The first-order chi connectivity index (χ1) is 7.67. The summed E-state index contributed by atoms with van der Waals surface area (Å²) in [7, 11) is 5.68. The van der Waals surface area contributed by atoms with E-state index in [1.807, 2.05) is 0 Å². The topological polar surface area (TPSA) is 0 Å². The summed E-state index contributed by atoms with van der Waals surface area (Å²) >= 11 is 0. The van der Waals surface area contributed by atoms with Gasteiger partial charge in [-0.3, -0.25) is 0 Å². The van der Waals surface area contributed by atoms with Crippen LogP contribution in [0.2, 0.25) is 0 Å². The van der Waals surface area contributed by atoms with Crippen LogP contribution in [0.3, 0.4) is 0 Å². The molecular formula is C14H18P2. The van der Waals surface area contributed by atoms with Crippen molar-refractivity contribution in [2.75, 3.05) is 0 Å². The molecule has 2 aromatic carbocycles. The molecule has 16 heavy (non-hydrogen) atoms. The maximum Gasteiger partial charge on any atom is -0.0120 e. The average Bonchev–Trinajstić information content (AvgIpc) is 2.28. The molecule has 0 N–H and O–H groups in total. The highest BCUT2D eigenvalue weighted by atomic mass is 31.0. The summed E-state index contributed by atoms with van der Waals surface area (Å²) in [6.07, 6.45) is 2.07. The molecule has 0 aliphatic heterocycles. The zero-order valence-electron chi connectivity index (χ0n) is 9.88. The highest BCUT2D eigenvalue weighted by Gasteiger charge is 2.07. The molecule has 0 radical (unpaired) electrons. The zero-order chi connectivity index (χ0) is 11.7. The first-order valence-electron chi connectivity index (χ1n) is 5.59. The van der Waals surface area contributed by atoms with Crippen LogP contribution in [-0.4, -0.2) is 0 Å². The molecular weight excluding hydrogens is 230 g/mol. The van der Waals surface area contributed by atoms with Gasteiger partial charge in [-0.2, -0.15) is 0 Å². The van der Waals surface area contributed by atoms with Gasteiger partial charge >= 0.3 is 0 Å². The second-order valence-corrected chi connectivity index (χ2v) is 5.09. The lowest BCUT2D eigenvalue weighted by Crippen LogP contribution is -1.94. The molecule has 0 spiro atoms. The van der Waals surface area contributed by atoms with Crippen molar-refractivity contribution in [1.29, 1.82) is 0 Å². The Morgan fingerprint density at radius 3 is 2.38 bits per heavy atom. The molecule has 0 aromatic heterocycles. The van der Waals surface area contributed by atoms with Gasteiger partial charge in [-0.15, -0.1) is 18.5 Å². The molecule has 2 atom stereocenters. The number of hydrogen-bond acceptors (Lipinski definition) is 0. The minimum atomic E-state index is 1.03. The summed E-state index contributed by atoms with van der Waals surface area (Å²) in [5.74, 6) is 0. The molecule has 0 nitrogen and oxygen atoms in total. The molecule has 2 unspecified atom stereocenters. The first kappa shape index (κ1) is 12.0. The molecule has 2 rings (SSSR count). The lowest BCUT2D eigenvalue weighted by molar-refractivity contribution is 1.26. The van der Waals surface area contributed by atoms with Gasteiger partial charge in [0.1, 0.15) is 0 Å². The fourth-order valence-electron chi connectivity index (χ4n) is 2.24. The summed E-state index contributed by atoms with van der Waals surface area (Å²) in [5.41, 5.74) is 5.70. The van der Waals surface area contributed by atoms with Crippen molar-refractivity contribution in [1.82, 2.24) is 0 Å². The van der Waals surface area contributed by atoms with Crippen LogP contribution >= 0.6 is 18.5 Å². The van der Waals surface area contributed by atoms with Gasteiger partial charge < -0.3 is 0 Å². The highest BCUT2D eigenvalue weighted by molar-refractivity contribution is 7.15. The second-order valence-electron chi connectivity index (χ2n) is 4.27. The van der Waals surface area contributed by atoms with E-state index < -0.39 is 0 Å². The van der Waals surface area contributed by atoms with Crippen molar-refractivity contribution >= 4 is 29.3 Å². The molecule has 2 heteroatoms. The third-order valence-corrected chi connectivity index (χ3v) is 4.07. The SMILES string of the molecule is Cc1ccc2c(CP)c(C)c(CP)cc2c1. The lowest BCUT2D eigenvalue weighted by atomic mass is 9.95. The summed E-state index contributed by atoms with van der Waals surface area (Å²) in [4.78, 5) is 0. The van der Waals surface area contributed by atoms with Crippen LogP contribution in [0.1, 0.15) is 22.3 Å². The summed E-state index contributed by atoms with van der Waals surface area (Å²) < 4.78 is 0. The Balaban J connectivity index is 2.84. The minimum Gasteiger partial charge on any atom is -0.133 e. The van der Waals surface area contributed by atoms with Crippen LogP contribution in [0.25, 0.3) is 10.8 Å². The largest absolute Gasteiger partial charge is 0.133 e. The molecule has 0 saturated carbocycles. The second kappa shape index (κ2) is 4.82. The van der Waals surface area contributed by atoms with Gasteiger partial charge in [-0.05, 0) is 53.6 Å². The quantitative estimate of drug-likeness (QED) is 0.698. The van der Waals surface area contributed by atoms with Gasteiger partial charge in [0, 0.05) is 0 Å². The van der Waals surface area contributed by atoms with E-state index in [0.717, 1.165) is 12.3 Å². The first-order valence-corrected chi connectivity index (χ1v) is 7.22. The number of hydrogen-bond donors (Lipinski definition) is 0. The smallest absolute Gasteiger partial charge is 0.0120 e. The Morgan fingerprint density at radius 1 is 1.00 bits per heavy atom. The van der Waals surface area contributed by atoms with E-state index in [4.69, 9.17) is 0 Å². The monoisotopic (exact) mass is 248 g/mol. The number of fused-ring (bicyclic) bond motifs is 1. The van der Waals surface area contributed by atoms with Gasteiger partial charge in [-0.1, -0.05) is 29.8 Å². The molecule has 0 fully saturated rings. The van der Waals surface area contributed by atoms with E-state index >= 15 is 0 Å². The van der Waals surface area contributed by atoms with Crippen molar-refractivity contribution in [3.8, 4) is 0 Å². The number of benzene rings is 2. The average molecular weight is 248 g/mol. The normalized spacial score (nSPS) is 11.0. The van der Waals surface area contributed by atoms with E-state index in [1.54, 1.807) is 0 Å². The predicted molar refractivity (Wildman–Crippen MR) is 80.3 cm³/mol. The standard InChI is InChI=1S/C14H18P2/c1-9-3-4-13-11(5-9)6-12(7-15)10(2)14(13)8-16/h3-6H,7-8,15-16H2,1-2H3. The van der Waals surface area contributed by atoms with Gasteiger partial charge in [0.2, 0.25) is 0 Å². The fourth-order valence-corrected chi connectivity index (χ4v) is 3.19. The molecule has 2 aromatic rings. The fraction of sp³-hybridized carbons (Fsp3) is 0.286. The Morgan fingerprint density at radius 2 is 1.75 bits per heavy atom. The van der Waals surface area contributed by atoms with Gasteiger partial charge in [0.25, 0.3) is 0 Å². The van der Waals surface area contributed by atoms with Crippen molar-refractivity contribution in [2.45, 2.75) is 26.2 Å². The van der Waals surface area contributed by atoms with Crippen LogP contribution in [0, 0.1) is 13.8 Å². The van der Waals surface area contributed by atoms with Crippen molar-refractivity contribution in [3.05, 3.63) is 46.5 Å². The molecule has 0 aliphatic rings. The Labute approximate surface area is 102 Å². The van der Waals surface area contributed by atoms with Gasteiger partial charge in [0.15, 0.2) is 0 Å². The summed E-state index contributed by atoms with van der Waals surface area (Å²) in [6.45, 7) is 4.39. The zero-order valence-corrected chi connectivity index (χ0v) is 12.2. The maximum absolute atomic E-state index is 2.85. The Kier molecular flexibility index (Phi) is 3.63. The summed E-state index contributed by atoms with van der Waals surface area (Å²) in [5, 5.41) is 2.78. The third kappa shape index (κ3) is 2.02. The Hall–Kier alpha value is -0.440. The van der Waals surface area contributed by atoms with Crippen LogP contribution in [-0.2, 0) is 12.3 Å².